The third-order valence-corrected chi connectivity index (χ3v) is 6.56. The first-order valence-electron chi connectivity index (χ1n) is 11.7. The van der Waals surface area contributed by atoms with Crippen molar-refractivity contribution >= 4 is 28.2 Å². The van der Waals surface area contributed by atoms with E-state index in [1.54, 1.807) is 6.07 Å². The van der Waals surface area contributed by atoms with E-state index >= 15 is 0 Å². The van der Waals surface area contributed by atoms with E-state index < -0.39 is 0 Å². The number of hydrogen-bond acceptors (Lipinski definition) is 6. The Labute approximate surface area is 202 Å². The summed E-state index contributed by atoms with van der Waals surface area (Å²) in [7, 11) is 0. The summed E-state index contributed by atoms with van der Waals surface area (Å²) in [5.41, 5.74) is 7.02. The molecule has 3 heterocycles. The van der Waals surface area contributed by atoms with E-state index in [0.29, 0.717) is 43.3 Å². The van der Waals surface area contributed by atoms with Crippen LogP contribution < -0.4 is 15.8 Å². The van der Waals surface area contributed by atoms with Gasteiger partial charge in [-0.25, -0.2) is 0 Å². The fraction of sp³-hybridized carbons (Fsp3) is 0.296. The molecule has 2 N–H and O–H groups in total. The van der Waals surface area contributed by atoms with Crippen LogP contribution in [0, 0.1) is 27.7 Å². The van der Waals surface area contributed by atoms with Gasteiger partial charge in [0.1, 0.15) is 5.76 Å². The van der Waals surface area contributed by atoms with Crippen LogP contribution in [0.15, 0.2) is 45.7 Å². The highest BCUT2D eigenvalue weighted by atomic mass is 16.5. The van der Waals surface area contributed by atoms with E-state index in [-0.39, 0.29) is 11.5 Å². The molecular weight excluding hydrogens is 444 g/mol. The van der Waals surface area contributed by atoms with E-state index in [1.165, 1.54) is 0 Å². The van der Waals surface area contributed by atoms with Gasteiger partial charge < -0.3 is 24.5 Å². The number of hydrogen-bond donors (Lipinski definition) is 2. The van der Waals surface area contributed by atoms with Gasteiger partial charge in [0.25, 0.3) is 5.91 Å². The largest absolute Gasteiger partial charge is 0.378 e. The summed E-state index contributed by atoms with van der Waals surface area (Å²) in [6.45, 7) is 10.2. The average Bonchev–Trinajstić information content (AvgIpc) is 3.17. The van der Waals surface area contributed by atoms with Crippen LogP contribution in [-0.2, 0) is 4.74 Å². The average molecular weight is 473 g/mol. The van der Waals surface area contributed by atoms with Gasteiger partial charge in [0.2, 0.25) is 5.56 Å². The lowest BCUT2D eigenvalue weighted by molar-refractivity contribution is 0.102. The molecule has 0 saturated carbocycles. The molecule has 1 saturated heterocycles. The molecule has 1 amide bonds. The molecule has 180 valence electrons. The summed E-state index contributed by atoms with van der Waals surface area (Å²) in [5, 5.41) is 8.08. The van der Waals surface area contributed by atoms with Crippen molar-refractivity contribution in [2.24, 2.45) is 0 Å². The summed E-state index contributed by atoms with van der Waals surface area (Å²) in [6, 6.07) is 11.3. The monoisotopic (exact) mass is 472 g/mol. The maximum Gasteiger partial charge on any atom is 0.257 e. The van der Waals surface area contributed by atoms with Crippen LogP contribution in [0.25, 0.3) is 22.0 Å². The molecule has 0 aliphatic carbocycles. The molecule has 2 aromatic carbocycles. The Bertz CT molecular complexity index is 1480. The number of rotatable bonds is 4. The topological polar surface area (TPSA) is 100 Å². The molecule has 0 radical (unpaired) electrons. The summed E-state index contributed by atoms with van der Waals surface area (Å²) >= 11 is 0. The van der Waals surface area contributed by atoms with Crippen molar-refractivity contribution in [3.63, 3.8) is 0 Å². The number of carbonyl (C=O) groups is 1. The maximum absolute atomic E-state index is 13.7. The molecule has 0 spiro atoms. The third-order valence-electron chi connectivity index (χ3n) is 6.56. The summed E-state index contributed by atoms with van der Waals surface area (Å²) in [5.74, 6) is 0.507. The van der Waals surface area contributed by atoms with Crippen LogP contribution in [0.5, 0.6) is 0 Å². The Kier molecular flexibility index (Phi) is 5.90. The molecule has 0 atom stereocenters. The summed E-state index contributed by atoms with van der Waals surface area (Å²) in [4.78, 5) is 30.7. The van der Waals surface area contributed by atoms with Crippen molar-refractivity contribution in [2.45, 2.75) is 27.7 Å². The second-order valence-electron chi connectivity index (χ2n) is 9.01. The van der Waals surface area contributed by atoms with E-state index in [0.717, 1.165) is 44.5 Å². The number of carbonyl (C=O) groups excluding carboxylic acids is 1. The molecule has 8 heteroatoms. The fourth-order valence-electron chi connectivity index (χ4n) is 4.75. The smallest absolute Gasteiger partial charge is 0.257 e. The first-order valence-corrected chi connectivity index (χ1v) is 11.7. The van der Waals surface area contributed by atoms with E-state index in [9.17, 15) is 9.59 Å². The molecule has 5 rings (SSSR count). The van der Waals surface area contributed by atoms with E-state index in [4.69, 9.17) is 9.26 Å². The number of anilines is 2. The lowest BCUT2D eigenvalue weighted by Gasteiger charge is -2.30. The van der Waals surface area contributed by atoms with Crippen molar-refractivity contribution in [1.29, 1.82) is 0 Å². The van der Waals surface area contributed by atoms with Crippen molar-refractivity contribution in [2.75, 3.05) is 36.5 Å². The zero-order valence-corrected chi connectivity index (χ0v) is 20.3. The van der Waals surface area contributed by atoms with Crippen LogP contribution in [0.4, 0.5) is 11.4 Å². The number of fused-ring (bicyclic) bond motifs is 1. The fourth-order valence-corrected chi connectivity index (χ4v) is 4.75. The quantitative estimate of drug-likeness (QED) is 0.453. The normalized spacial score (nSPS) is 13.9. The molecule has 8 nitrogen and oxygen atoms in total. The number of H-pyrrole nitrogens is 1. The molecule has 4 aromatic rings. The Morgan fingerprint density at radius 1 is 1.03 bits per heavy atom. The lowest BCUT2D eigenvalue weighted by atomic mass is 9.99. The van der Waals surface area contributed by atoms with Crippen molar-refractivity contribution in [1.82, 2.24) is 10.1 Å². The number of aromatic amines is 1. The molecule has 1 aliphatic rings. The Morgan fingerprint density at radius 3 is 2.51 bits per heavy atom. The Balaban J connectivity index is 1.58. The number of amides is 1. The molecule has 35 heavy (non-hydrogen) atoms. The minimum absolute atomic E-state index is 0.141. The van der Waals surface area contributed by atoms with Gasteiger partial charge in [-0.3, -0.25) is 9.59 Å². The number of aromatic nitrogens is 2. The van der Waals surface area contributed by atoms with E-state index in [2.05, 4.69) is 20.4 Å². The molecule has 1 aliphatic heterocycles. The first kappa shape index (κ1) is 22.9. The number of aryl methyl sites for hydroxylation is 4. The van der Waals surface area contributed by atoms with Gasteiger partial charge in [-0.05, 0) is 68.7 Å². The molecule has 2 aromatic heterocycles. The van der Waals surface area contributed by atoms with Gasteiger partial charge in [-0.1, -0.05) is 11.2 Å². The van der Waals surface area contributed by atoms with Gasteiger partial charge in [0.15, 0.2) is 0 Å². The highest BCUT2D eigenvalue weighted by Crippen LogP contribution is 2.33. The lowest BCUT2D eigenvalue weighted by Crippen LogP contribution is -2.37. The molecule has 0 bridgehead atoms. The number of morpholine rings is 1. The van der Waals surface area contributed by atoms with Gasteiger partial charge in [-0.15, -0.1) is 0 Å². The van der Waals surface area contributed by atoms with Crippen LogP contribution in [0.3, 0.4) is 0 Å². The number of benzene rings is 2. The third kappa shape index (κ3) is 4.33. The number of pyridine rings is 1. The van der Waals surface area contributed by atoms with Crippen LogP contribution >= 0.6 is 0 Å². The Hall–Kier alpha value is -3.91. The highest BCUT2D eigenvalue weighted by Gasteiger charge is 2.22. The van der Waals surface area contributed by atoms with Gasteiger partial charge in [0.05, 0.1) is 24.5 Å². The van der Waals surface area contributed by atoms with Gasteiger partial charge in [-0.2, -0.15) is 0 Å². The van der Waals surface area contributed by atoms with Crippen LogP contribution in [0.2, 0.25) is 0 Å². The summed E-state index contributed by atoms with van der Waals surface area (Å²) in [6.07, 6.45) is 0. The van der Waals surface area contributed by atoms with Gasteiger partial charge in [0, 0.05) is 47.0 Å². The van der Waals surface area contributed by atoms with Crippen molar-refractivity contribution in [3.8, 4) is 11.1 Å². The zero-order valence-electron chi connectivity index (χ0n) is 20.3. The standard InChI is InChI=1S/C27H28N4O4/c1-15-12-25(32)28-23-11-16(2)22(14-20(15)23)29-27(33)21-13-19(26-17(3)30-35-18(26)4)5-6-24(21)31-7-9-34-10-8-31/h5-6,11-14H,7-10H2,1-4H3,(H,28,32)(H,29,33). The van der Waals surface area contributed by atoms with Crippen molar-refractivity contribution < 1.29 is 14.1 Å². The second-order valence-corrected chi connectivity index (χ2v) is 9.01. The van der Waals surface area contributed by atoms with Gasteiger partial charge >= 0.3 is 0 Å². The number of nitrogens with zero attached hydrogens (tertiary/aromatic N) is 2. The SMILES string of the molecule is Cc1cc2[nH]c(=O)cc(C)c2cc1NC(=O)c1cc(-c2c(C)noc2C)ccc1N1CCOCC1. The first-order chi connectivity index (χ1) is 16.8. The minimum atomic E-state index is -0.204. The minimum Gasteiger partial charge on any atom is -0.378 e. The predicted molar refractivity (Wildman–Crippen MR) is 136 cm³/mol. The van der Waals surface area contributed by atoms with Crippen molar-refractivity contribution in [3.05, 3.63) is 74.9 Å². The van der Waals surface area contributed by atoms with E-state index in [1.807, 2.05) is 58.0 Å². The second kappa shape index (κ2) is 9.03. The molecule has 1 fully saturated rings. The van der Waals surface area contributed by atoms with Crippen LogP contribution in [-0.4, -0.2) is 42.4 Å². The highest BCUT2D eigenvalue weighted by molar-refractivity contribution is 6.10. The predicted octanol–water partition coefficient (Wildman–Crippen LogP) is 4.51. The molecule has 0 unspecified atom stereocenters. The Morgan fingerprint density at radius 2 is 1.80 bits per heavy atom. The summed E-state index contributed by atoms with van der Waals surface area (Å²) < 4.78 is 10.9. The zero-order chi connectivity index (χ0) is 24.7. The number of ether oxygens (including phenoxy) is 1. The van der Waals surface area contributed by atoms with Crippen LogP contribution in [0.1, 0.15) is 32.9 Å². The molecular formula is C27H28N4O4. The number of nitrogens with one attached hydrogen (secondary N) is 2. The maximum atomic E-state index is 13.7.